The van der Waals surface area contributed by atoms with Crippen LogP contribution < -0.4 is 0 Å². The SMILES string of the molecule is CC(c1cccc([N+](=O)[O-])c1)N(C)C(=O)CCCC(=O)O. The molecule has 0 spiro atoms. The second-order valence-electron chi connectivity index (χ2n) is 4.78. The van der Waals surface area contributed by atoms with Gasteiger partial charge in [-0.15, -0.1) is 0 Å². The van der Waals surface area contributed by atoms with Gasteiger partial charge >= 0.3 is 5.97 Å². The Kier molecular flexibility index (Phi) is 5.83. The van der Waals surface area contributed by atoms with Crippen molar-refractivity contribution in [2.75, 3.05) is 7.05 Å². The van der Waals surface area contributed by atoms with Crippen molar-refractivity contribution < 1.29 is 19.6 Å². The molecule has 0 fully saturated rings. The Labute approximate surface area is 122 Å². The molecule has 0 aliphatic rings. The van der Waals surface area contributed by atoms with Crippen LogP contribution in [0.4, 0.5) is 5.69 Å². The van der Waals surface area contributed by atoms with Crippen molar-refractivity contribution in [2.24, 2.45) is 0 Å². The molecule has 0 aromatic heterocycles. The average Bonchev–Trinajstić information content (AvgIpc) is 2.45. The summed E-state index contributed by atoms with van der Waals surface area (Å²) in [5.41, 5.74) is 0.643. The summed E-state index contributed by atoms with van der Waals surface area (Å²) in [6.45, 7) is 1.77. The van der Waals surface area contributed by atoms with Gasteiger partial charge in [-0.1, -0.05) is 12.1 Å². The van der Waals surface area contributed by atoms with E-state index in [9.17, 15) is 19.7 Å². The summed E-state index contributed by atoms with van der Waals surface area (Å²) in [6, 6.07) is 5.81. The number of hydrogen-bond donors (Lipinski definition) is 1. The van der Waals surface area contributed by atoms with Gasteiger partial charge in [0.05, 0.1) is 11.0 Å². The maximum Gasteiger partial charge on any atom is 0.303 e. The number of aliphatic carboxylic acids is 1. The lowest BCUT2D eigenvalue weighted by Crippen LogP contribution is -2.29. The number of benzene rings is 1. The van der Waals surface area contributed by atoms with E-state index in [2.05, 4.69) is 0 Å². The van der Waals surface area contributed by atoms with Gasteiger partial charge in [0.1, 0.15) is 0 Å². The molecule has 7 heteroatoms. The zero-order valence-electron chi connectivity index (χ0n) is 12.0. The summed E-state index contributed by atoms with van der Waals surface area (Å²) >= 11 is 0. The van der Waals surface area contributed by atoms with Crippen LogP contribution in [0.15, 0.2) is 24.3 Å². The number of hydrogen-bond acceptors (Lipinski definition) is 4. The molecule has 1 rings (SSSR count). The second kappa shape index (κ2) is 7.37. The molecule has 0 saturated heterocycles. The molecular formula is C14H18N2O5. The van der Waals surface area contributed by atoms with Crippen molar-refractivity contribution in [3.05, 3.63) is 39.9 Å². The van der Waals surface area contributed by atoms with Crippen molar-refractivity contribution in [1.29, 1.82) is 0 Å². The lowest BCUT2D eigenvalue weighted by molar-refractivity contribution is -0.384. The van der Waals surface area contributed by atoms with E-state index in [1.807, 2.05) is 0 Å². The standard InChI is InChI=1S/C14H18N2O5/c1-10(11-5-3-6-12(9-11)16(20)21)15(2)13(17)7-4-8-14(18)19/h3,5-6,9-10H,4,7-8H2,1-2H3,(H,18,19). The molecule has 1 N–H and O–H groups in total. The van der Waals surface area contributed by atoms with E-state index < -0.39 is 10.9 Å². The van der Waals surface area contributed by atoms with E-state index >= 15 is 0 Å². The van der Waals surface area contributed by atoms with Crippen LogP contribution in [0.25, 0.3) is 0 Å². The monoisotopic (exact) mass is 294 g/mol. The van der Waals surface area contributed by atoms with Crippen LogP contribution in [0.1, 0.15) is 37.8 Å². The van der Waals surface area contributed by atoms with Gasteiger partial charge in [0.15, 0.2) is 0 Å². The van der Waals surface area contributed by atoms with Crippen molar-refractivity contribution >= 4 is 17.6 Å². The number of nitrogens with zero attached hydrogens (tertiary/aromatic N) is 2. The van der Waals surface area contributed by atoms with Gasteiger partial charge in [-0.2, -0.15) is 0 Å². The van der Waals surface area contributed by atoms with Gasteiger partial charge < -0.3 is 10.0 Å². The van der Waals surface area contributed by atoms with E-state index in [1.54, 1.807) is 26.1 Å². The second-order valence-corrected chi connectivity index (χ2v) is 4.78. The lowest BCUT2D eigenvalue weighted by Gasteiger charge is -2.25. The highest BCUT2D eigenvalue weighted by molar-refractivity contribution is 5.77. The fourth-order valence-electron chi connectivity index (χ4n) is 1.91. The molecule has 1 atom stereocenters. The average molecular weight is 294 g/mol. The fourth-order valence-corrected chi connectivity index (χ4v) is 1.91. The third-order valence-corrected chi connectivity index (χ3v) is 3.32. The normalized spacial score (nSPS) is 11.7. The predicted octanol–water partition coefficient (Wildman–Crippen LogP) is 2.37. The number of nitro benzene ring substituents is 1. The number of carbonyl (C=O) groups is 2. The summed E-state index contributed by atoms with van der Waals surface area (Å²) in [5.74, 6) is -1.12. The molecule has 0 radical (unpaired) electrons. The largest absolute Gasteiger partial charge is 0.481 e. The Hall–Kier alpha value is -2.44. The number of nitro groups is 1. The fraction of sp³-hybridized carbons (Fsp3) is 0.429. The number of carbonyl (C=O) groups excluding carboxylic acids is 1. The Balaban J connectivity index is 2.70. The Morgan fingerprint density at radius 3 is 2.62 bits per heavy atom. The van der Waals surface area contributed by atoms with Crippen LogP contribution in [0, 0.1) is 10.1 Å². The zero-order chi connectivity index (χ0) is 16.0. The number of carboxylic acids is 1. The molecule has 7 nitrogen and oxygen atoms in total. The quantitative estimate of drug-likeness (QED) is 0.614. The maximum absolute atomic E-state index is 12.0. The molecule has 1 aromatic carbocycles. The van der Waals surface area contributed by atoms with E-state index in [1.165, 1.54) is 17.0 Å². The van der Waals surface area contributed by atoms with E-state index in [0.29, 0.717) is 5.56 Å². The minimum Gasteiger partial charge on any atom is -0.481 e. The van der Waals surface area contributed by atoms with Crippen LogP contribution in [-0.4, -0.2) is 33.9 Å². The highest BCUT2D eigenvalue weighted by Crippen LogP contribution is 2.23. The van der Waals surface area contributed by atoms with Crippen LogP contribution in [0.5, 0.6) is 0 Å². The Morgan fingerprint density at radius 2 is 2.05 bits per heavy atom. The van der Waals surface area contributed by atoms with Crippen molar-refractivity contribution in [2.45, 2.75) is 32.2 Å². The third kappa shape index (κ3) is 4.87. The summed E-state index contributed by atoms with van der Waals surface area (Å²) < 4.78 is 0. The minimum absolute atomic E-state index is 0.0222. The Morgan fingerprint density at radius 1 is 1.38 bits per heavy atom. The number of rotatable bonds is 7. The van der Waals surface area contributed by atoms with E-state index in [-0.39, 0.29) is 36.9 Å². The molecule has 0 bridgehead atoms. The van der Waals surface area contributed by atoms with Gasteiger partial charge in [-0.3, -0.25) is 19.7 Å². The first-order chi connectivity index (χ1) is 9.82. The maximum atomic E-state index is 12.0. The number of non-ortho nitro benzene ring substituents is 1. The van der Waals surface area contributed by atoms with E-state index in [0.717, 1.165) is 0 Å². The van der Waals surface area contributed by atoms with Gasteiger partial charge in [0.2, 0.25) is 5.91 Å². The van der Waals surface area contributed by atoms with Gasteiger partial charge in [0, 0.05) is 32.0 Å². The minimum atomic E-state index is -0.933. The first-order valence-electron chi connectivity index (χ1n) is 6.54. The molecular weight excluding hydrogens is 276 g/mol. The van der Waals surface area contributed by atoms with Gasteiger partial charge in [-0.25, -0.2) is 0 Å². The molecule has 0 aliphatic carbocycles. The van der Waals surface area contributed by atoms with Crippen LogP contribution in [0.3, 0.4) is 0 Å². The molecule has 114 valence electrons. The Bertz CT molecular complexity index is 544. The first-order valence-corrected chi connectivity index (χ1v) is 6.54. The van der Waals surface area contributed by atoms with Crippen LogP contribution in [-0.2, 0) is 9.59 Å². The first kappa shape index (κ1) is 16.6. The van der Waals surface area contributed by atoms with Crippen LogP contribution in [0.2, 0.25) is 0 Å². The van der Waals surface area contributed by atoms with Crippen molar-refractivity contribution in [3.63, 3.8) is 0 Å². The molecule has 1 aromatic rings. The topological polar surface area (TPSA) is 101 Å². The van der Waals surface area contributed by atoms with Gasteiger partial charge in [0.25, 0.3) is 5.69 Å². The zero-order valence-corrected chi connectivity index (χ0v) is 12.0. The highest BCUT2D eigenvalue weighted by atomic mass is 16.6. The lowest BCUT2D eigenvalue weighted by atomic mass is 10.1. The summed E-state index contributed by atoms with van der Waals surface area (Å²) in [5, 5.41) is 19.3. The summed E-state index contributed by atoms with van der Waals surface area (Å²) in [6.07, 6.45) is 0.368. The van der Waals surface area contributed by atoms with Crippen LogP contribution >= 0.6 is 0 Å². The predicted molar refractivity (Wildman–Crippen MR) is 75.8 cm³/mol. The summed E-state index contributed by atoms with van der Waals surface area (Å²) in [4.78, 5) is 34.1. The van der Waals surface area contributed by atoms with Crippen molar-refractivity contribution in [3.8, 4) is 0 Å². The molecule has 1 amide bonds. The smallest absolute Gasteiger partial charge is 0.303 e. The summed E-state index contributed by atoms with van der Waals surface area (Å²) in [7, 11) is 1.60. The van der Waals surface area contributed by atoms with E-state index in [4.69, 9.17) is 5.11 Å². The number of carboxylic acid groups (broad SMARTS) is 1. The molecule has 0 saturated carbocycles. The molecule has 21 heavy (non-hydrogen) atoms. The molecule has 0 heterocycles. The number of amides is 1. The van der Waals surface area contributed by atoms with Gasteiger partial charge in [-0.05, 0) is 18.9 Å². The molecule has 0 aliphatic heterocycles. The highest BCUT2D eigenvalue weighted by Gasteiger charge is 2.19. The third-order valence-electron chi connectivity index (χ3n) is 3.32. The molecule has 1 unspecified atom stereocenters. The van der Waals surface area contributed by atoms with Crippen molar-refractivity contribution in [1.82, 2.24) is 4.90 Å².